The molecule has 3 atom stereocenters. The van der Waals surface area contributed by atoms with Crippen LogP contribution in [0.4, 0.5) is 5.69 Å². The van der Waals surface area contributed by atoms with Crippen molar-refractivity contribution in [2.75, 3.05) is 18.6 Å². The van der Waals surface area contributed by atoms with Crippen LogP contribution in [0.5, 0.6) is 5.75 Å². The molecule has 130 valence electrons. The number of esters is 1. The molecule has 1 N–H and O–H groups in total. The summed E-state index contributed by atoms with van der Waals surface area (Å²) in [5, 5.41) is 4.16. The molecular formula is C18H24N2O3S. The summed E-state index contributed by atoms with van der Waals surface area (Å²) < 4.78 is 10.6. The fraction of sp³-hybridized carbons (Fsp3) is 0.556. The van der Waals surface area contributed by atoms with E-state index in [1.165, 1.54) is 26.4 Å². The molecular weight excluding hydrogens is 324 g/mol. The summed E-state index contributed by atoms with van der Waals surface area (Å²) in [5.74, 6) is 0.868. The molecule has 0 spiro atoms. The highest BCUT2D eigenvalue weighted by Gasteiger charge is 2.34. The first-order valence-corrected chi connectivity index (χ1v) is 8.92. The Morgan fingerprint density at radius 1 is 1.33 bits per heavy atom. The third-order valence-corrected chi connectivity index (χ3v) is 5.24. The van der Waals surface area contributed by atoms with Gasteiger partial charge in [0.05, 0.1) is 19.3 Å². The smallest absolute Gasteiger partial charge is 0.348 e. The minimum Gasteiger partial charge on any atom is -0.475 e. The molecule has 2 aliphatic rings. The lowest BCUT2D eigenvalue weighted by Gasteiger charge is -2.38. The van der Waals surface area contributed by atoms with Crippen LogP contribution in [0.1, 0.15) is 32.6 Å². The number of nitrogens with one attached hydrogen (secondary N) is 1. The van der Waals surface area contributed by atoms with Crippen LogP contribution in [0.25, 0.3) is 0 Å². The van der Waals surface area contributed by atoms with Crippen molar-refractivity contribution in [2.24, 2.45) is 5.92 Å². The van der Waals surface area contributed by atoms with Gasteiger partial charge in [-0.25, -0.2) is 4.79 Å². The van der Waals surface area contributed by atoms with Crippen LogP contribution >= 0.6 is 12.2 Å². The van der Waals surface area contributed by atoms with Gasteiger partial charge in [-0.2, -0.15) is 0 Å². The SMILES string of the molecule is COC(=O)[C@H]1CN(C(=S)N[C@H]2CCCC[C@@H]2C)c2ccccc2O1. The summed E-state index contributed by atoms with van der Waals surface area (Å²) in [6.07, 6.45) is 4.21. The molecule has 6 heteroatoms. The molecule has 1 saturated carbocycles. The van der Waals surface area contributed by atoms with E-state index < -0.39 is 6.10 Å². The summed E-state index contributed by atoms with van der Waals surface area (Å²) in [7, 11) is 1.37. The Labute approximate surface area is 148 Å². The zero-order chi connectivity index (χ0) is 17.1. The van der Waals surface area contributed by atoms with Gasteiger partial charge in [0.25, 0.3) is 0 Å². The fourth-order valence-corrected chi connectivity index (χ4v) is 3.77. The number of rotatable bonds is 2. The van der Waals surface area contributed by atoms with Crippen LogP contribution < -0.4 is 15.0 Å². The second-order valence-electron chi connectivity index (χ2n) is 6.53. The zero-order valence-electron chi connectivity index (χ0n) is 14.2. The van der Waals surface area contributed by atoms with Gasteiger partial charge in [0.2, 0.25) is 6.10 Å². The molecule has 1 aliphatic heterocycles. The first-order chi connectivity index (χ1) is 11.6. The number of ether oxygens (including phenoxy) is 2. The van der Waals surface area contributed by atoms with Crippen molar-refractivity contribution in [1.82, 2.24) is 5.32 Å². The average Bonchev–Trinajstić information content (AvgIpc) is 2.61. The molecule has 0 bridgehead atoms. The van der Waals surface area contributed by atoms with Crippen molar-refractivity contribution in [2.45, 2.75) is 44.8 Å². The molecule has 24 heavy (non-hydrogen) atoms. The van der Waals surface area contributed by atoms with Crippen molar-refractivity contribution in [3.63, 3.8) is 0 Å². The Kier molecular flexibility index (Phi) is 5.23. The molecule has 5 nitrogen and oxygen atoms in total. The normalized spacial score (nSPS) is 26.1. The molecule has 1 aromatic rings. The highest BCUT2D eigenvalue weighted by molar-refractivity contribution is 7.80. The maximum absolute atomic E-state index is 11.9. The number of carbonyl (C=O) groups excluding carboxylic acids is 1. The predicted molar refractivity (Wildman–Crippen MR) is 97.4 cm³/mol. The average molecular weight is 348 g/mol. The van der Waals surface area contributed by atoms with Gasteiger partial charge in [-0.05, 0) is 43.1 Å². The van der Waals surface area contributed by atoms with Crippen molar-refractivity contribution < 1.29 is 14.3 Å². The number of carbonyl (C=O) groups is 1. The maximum Gasteiger partial charge on any atom is 0.348 e. The molecule has 1 heterocycles. The monoisotopic (exact) mass is 348 g/mol. The predicted octanol–water partition coefficient (Wildman–Crippen LogP) is 2.88. The van der Waals surface area contributed by atoms with Gasteiger partial charge in [-0.15, -0.1) is 0 Å². The molecule has 1 fully saturated rings. The van der Waals surface area contributed by atoms with E-state index in [-0.39, 0.29) is 5.97 Å². The highest BCUT2D eigenvalue weighted by atomic mass is 32.1. The van der Waals surface area contributed by atoms with E-state index >= 15 is 0 Å². The van der Waals surface area contributed by atoms with Gasteiger partial charge < -0.3 is 19.7 Å². The fourth-order valence-electron chi connectivity index (χ4n) is 3.45. The molecule has 0 radical (unpaired) electrons. The first kappa shape index (κ1) is 17.0. The van der Waals surface area contributed by atoms with Gasteiger partial charge in [-0.1, -0.05) is 31.9 Å². The minimum absolute atomic E-state index is 0.358. The summed E-state index contributed by atoms with van der Waals surface area (Å²) in [4.78, 5) is 13.9. The van der Waals surface area contributed by atoms with Crippen LogP contribution in [0, 0.1) is 5.92 Å². The number of thiocarbonyl (C=S) groups is 1. The van der Waals surface area contributed by atoms with Crippen LogP contribution in [-0.2, 0) is 9.53 Å². The van der Waals surface area contributed by atoms with Crippen LogP contribution in [0.3, 0.4) is 0 Å². The van der Waals surface area contributed by atoms with Crippen molar-refractivity contribution >= 4 is 29.0 Å². The Hall–Kier alpha value is -1.82. The van der Waals surface area contributed by atoms with Crippen LogP contribution in [-0.4, -0.2) is 36.9 Å². The van der Waals surface area contributed by atoms with E-state index in [9.17, 15) is 4.79 Å². The van der Waals surface area contributed by atoms with Crippen LogP contribution in [0.15, 0.2) is 24.3 Å². The number of hydrogen-bond donors (Lipinski definition) is 1. The minimum atomic E-state index is -0.673. The van der Waals surface area contributed by atoms with Gasteiger partial charge in [0.15, 0.2) is 5.11 Å². The van der Waals surface area contributed by atoms with E-state index in [1.807, 2.05) is 29.2 Å². The first-order valence-electron chi connectivity index (χ1n) is 8.51. The van der Waals surface area contributed by atoms with Crippen molar-refractivity contribution in [3.8, 4) is 5.75 Å². The Morgan fingerprint density at radius 2 is 2.08 bits per heavy atom. The van der Waals surface area contributed by atoms with Crippen molar-refractivity contribution in [3.05, 3.63) is 24.3 Å². The number of methoxy groups -OCH3 is 1. The Balaban J connectivity index is 1.79. The lowest BCUT2D eigenvalue weighted by atomic mass is 9.86. The van der Waals surface area contributed by atoms with Gasteiger partial charge >= 0.3 is 5.97 Å². The number of fused-ring (bicyclic) bond motifs is 1. The van der Waals surface area contributed by atoms with E-state index in [2.05, 4.69) is 12.2 Å². The van der Waals surface area contributed by atoms with Gasteiger partial charge in [0, 0.05) is 6.04 Å². The summed E-state index contributed by atoms with van der Waals surface area (Å²) in [6.45, 7) is 2.63. The Morgan fingerprint density at radius 3 is 2.83 bits per heavy atom. The molecule has 0 amide bonds. The van der Waals surface area contributed by atoms with E-state index in [0.29, 0.717) is 29.4 Å². The largest absolute Gasteiger partial charge is 0.475 e. The number of para-hydroxylation sites is 2. The standard InChI is InChI=1S/C18H24N2O3S/c1-12-7-3-4-8-13(12)19-18(24)20-11-16(17(21)22-2)23-15-10-6-5-9-14(15)20/h5-6,9-10,12-13,16H,3-4,7-8,11H2,1-2H3,(H,19,24)/t12-,13-,16+/m0/s1. The number of nitrogens with zero attached hydrogens (tertiary/aromatic N) is 1. The number of benzene rings is 1. The lowest BCUT2D eigenvalue weighted by Crippen LogP contribution is -2.53. The van der Waals surface area contributed by atoms with Crippen molar-refractivity contribution in [1.29, 1.82) is 0 Å². The Bertz CT molecular complexity index is 622. The lowest BCUT2D eigenvalue weighted by molar-refractivity contribution is -0.148. The molecule has 0 saturated heterocycles. The van der Waals surface area contributed by atoms with E-state index in [1.54, 1.807) is 0 Å². The van der Waals surface area contributed by atoms with Crippen LogP contribution in [0.2, 0.25) is 0 Å². The molecule has 0 aromatic heterocycles. The molecule has 3 rings (SSSR count). The molecule has 1 aromatic carbocycles. The topological polar surface area (TPSA) is 50.8 Å². The van der Waals surface area contributed by atoms with Gasteiger partial charge in [-0.3, -0.25) is 0 Å². The summed E-state index contributed by atoms with van der Waals surface area (Å²) in [6, 6.07) is 8.03. The van der Waals surface area contributed by atoms with Gasteiger partial charge in [0.1, 0.15) is 5.75 Å². The quantitative estimate of drug-likeness (QED) is 0.655. The summed E-state index contributed by atoms with van der Waals surface area (Å²) in [5.41, 5.74) is 0.888. The third kappa shape index (κ3) is 3.48. The summed E-state index contributed by atoms with van der Waals surface area (Å²) >= 11 is 5.67. The third-order valence-electron chi connectivity index (χ3n) is 4.90. The zero-order valence-corrected chi connectivity index (χ0v) is 15.0. The molecule has 1 aliphatic carbocycles. The number of anilines is 1. The maximum atomic E-state index is 11.9. The van der Waals surface area contributed by atoms with E-state index in [0.717, 1.165) is 12.1 Å². The van der Waals surface area contributed by atoms with E-state index in [4.69, 9.17) is 21.7 Å². The molecule has 0 unspecified atom stereocenters. The second kappa shape index (κ2) is 7.38. The highest BCUT2D eigenvalue weighted by Crippen LogP contribution is 2.34. The second-order valence-corrected chi connectivity index (χ2v) is 6.91. The number of hydrogen-bond acceptors (Lipinski definition) is 4.